The molecule has 1 N–H and O–H groups in total. The number of piperidine rings is 1. The third kappa shape index (κ3) is 3.60. The van der Waals surface area contributed by atoms with Crippen molar-refractivity contribution in [1.82, 2.24) is 4.90 Å². The molecule has 6 heteroatoms. The number of hydrogen-bond acceptors (Lipinski definition) is 5. The number of ketones is 1. The minimum atomic E-state index is -0.115. The molecule has 1 amide bonds. The van der Waals surface area contributed by atoms with Crippen molar-refractivity contribution in [2.75, 3.05) is 26.3 Å². The summed E-state index contributed by atoms with van der Waals surface area (Å²) in [6.07, 6.45) is 1.25. The first-order valence-corrected chi connectivity index (χ1v) is 9.14. The van der Waals surface area contributed by atoms with Gasteiger partial charge < -0.3 is 19.5 Å². The Kier molecular flexibility index (Phi) is 4.71. The molecule has 0 aliphatic carbocycles. The maximum atomic E-state index is 12.8. The van der Waals surface area contributed by atoms with Crippen LogP contribution in [-0.4, -0.2) is 48.0 Å². The van der Waals surface area contributed by atoms with Crippen molar-refractivity contribution < 1.29 is 24.2 Å². The summed E-state index contributed by atoms with van der Waals surface area (Å²) in [6, 6.07) is 11.7. The van der Waals surface area contributed by atoms with Crippen molar-refractivity contribution in [2.45, 2.75) is 12.8 Å². The Morgan fingerprint density at radius 3 is 2.41 bits per heavy atom. The molecule has 2 aliphatic heterocycles. The minimum Gasteiger partial charge on any atom is -0.508 e. The molecule has 0 saturated carbocycles. The predicted octanol–water partition coefficient (Wildman–Crippen LogP) is 2.90. The average molecular weight is 367 g/mol. The van der Waals surface area contributed by atoms with Gasteiger partial charge in [0.05, 0.1) is 0 Å². The van der Waals surface area contributed by atoms with E-state index in [9.17, 15) is 14.7 Å². The quantitative estimate of drug-likeness (QED) is 0.844. The third-order valence-electron chi connectivity index (χ3n) is 5.07. The maximum Gasteiger partial charge on any atom is 0.253 e. The van der Waals surface area contributed by atoms with Crippen LogP contribution in [0.5, 0.6) is 17.2 Å². The van der Waals surface area contributed by atoms with Crippen molar-refractivity contribution in [2.24, 2.45) is 5.92 Å². The van der Waals surface area contributed by atoms with E-state index in [1.165, 1.54) is 12.1 Å². The van der Waals surface area contributed by atoms with E-state index >= 15 is 0 Å². The Morgan fingerprint density at radius 1 is 0.926 bits per heavy atom. The summed E-state index contributed by atoms with van der Waals surface area (Å²) in [7, 11) is 0. The molecule has 0 radical (unpaired) electrons. The number of phenolic OH excluding ortho intramolecular Hbond substituents is 1. The van der Waals surface area contributed by atoms with Crippen molar-refractivity contribution in [3.63, 3.8) is 0 Å². The van der Waals surface area contributed by atoms with Crippen molar-refractivity contribution in [1.29, 1.82) is 0 Å². The molecule has 2 aromatic carbocycles. The van der Waals surface area contributed by atoms with Crippen molar-refractivity contribution in [3.05, 3.63) is 53.6 Å². The number of carbonyl (C=O) groups is 2. The highest BCUT2D eigenvalue weighted by Gasteiger charge is 2.29. The molecular weight excluding hydrogens is 346 g/mol. The van der Waals surface area contributed by atoms with Crippen LogP contribution in [0.2, 0.25) is 0 Å². The Morgan fingerprint density at radius 2 is 1.67 bits per heavy atom. The molecule has 0 spiro atoms. The number of rotatable bonds is 3. The molecule has 4 rings (SSSR count). The van der Waals surface area contributed by atoms with Gasteiger partial charge in [0, 0.05) is 30.1 Å². The van der Waals surface area contributed by atoms with Gasteiger partial charge in [0.25, 0.3) is 5.91 Å². The average Bonchev–Trinajstić information content (AvgIpc) is 2.72. The van der Waals surface area contributed by atoms with Crippen molar-refractivity contribution in [3.8, 4) is 17.2 Å². The molecule has 140 valence electrons. The monoisotopic (exact) mass is 367 g/mol. The predicted molar refractivity (Wildman–Crippen MR) is 98.5 cm³/mol. The number of phenols is 1. The van der Waals surface area contributed by atoms with Gasteiger partial charge in [0.2, 0.25) is 0 Å². The number of hydrogen-bond donors (Lipinski definition) is 1. The van der Waals surface area contributed by atoms with Gasteiger partial charge in [-0.1, -0.05) is 6.07 Å². The summed E-state index contributed by atoms with van der Waals surface area (Å²) < 4.78 is 11.1. The van der Waals surface area contributed by atoms with Crippen LogP contribution in [0, 0.1) is 5.92 Å². The van der Waals surface area contributed by atoms with Crippen LogP contribution in [0.25, 0.3) is 0 Å². The van der Waals surface area contributed by atoms with Crippen LogP contribution < -0.4 is 9.47 Å². The number of amides is 1. The van der Waals surface area contributed by atoms with Gasteiger partial charge in [-0.3, -0.25) is 9.59 Å². The Labute approximate surface area is 157 Å². The number of benzene rings is 2. The van der Waals surface area contributed by atoms with Crippen LogP contribution in [-0.2, 0) is 0 Å². The number of carbonyl (C=O) groups excluding carboxylic acids is 2. The molecule has 0 unspecified atom stereocenters. The van der Waals surface area contributed by atoms with Gasteiger partial charge in [0.1, 0.15) is 19.0 Å². The van der Waals surface area contributed by atoms with E-state index < -0.39 is 0 Å². The molecule has 1 fully saturated rings. The summed E-state index contributed by atoms with van der Waals surface area (Å²) in [6.45, 7) is 2.05. The highest BCUT2D eigenvalue weighted by molar-refractivity contribution is 5.99. The summed E-state index contributed by atoms with van der Waals surface area (Å²) in [5.41, 5.74) is 1.09. The number of aromatic hydroxyl groups is 1. The smallest absolute Gasteiger partial charge is 0.253 e. The van der Waals surface area contributed by atoms with E-state index in [2.05, 4.69) is 0 Å². The normalized spacial score (nSPS) is 16.8. The van der Waals surface area contributed by atoms with Crippen LogP contribution in [0.3, 0.4) is 0 Å². The van der Waals surface area contributed by atoms with Gasteiger partial charge in [-0.25, -0.2) is 0 Å². The molecule has 2 aliphatic rings. The molecule has 6 nitrogen and oxygen atoms in total. The van der Waals surface area contributed by atoms with Crippen LogP contribution in [0.4, 0.5) is 0 Å². The first kappa shape index (κ1) is 17.4. The number of likely N-dealkylation sites (tertiary alicyclic amines) is 1. The van der Waals surface area contributed by atoms with Crippen molar-refractivity contribution >= 4 is 11.7 Å². The van der Waals surface area contributed by atoms with E-state index in [0.29, 0.717) is 61.8 Å². The fourth-order valence-corrected chi connectivity index (χ4v) is 3.60. The number of nitrogens with zero attached hydrogens (tertiary/aromatic N) is 1. The van der Waals surface area contributed by atoms with E-state index in [1.54, 1.807) is 35.2 Å². The Balaban J connectivity index is 1.40. The van der Waals surface area contributed by atoms with E-state index in [-0.39, 0.29) is 23.4 Å². The SMILES string of the molecule is O=C(c1ccc2c(c1)OCCO2)C1CCN(C(=O)c2cccc(O)c2)CC1. The largest absolute Gasteiger partial charge is 0.508 e. The van der Waals surface area contributed by atoms with Gasteiger partial charge in [0.15, 0.2) is 17.3 Å². The number of ether oxygens (including phenoxy) is 2. The van der Waals surface area contributed by atoms with Gasteiger partial charge in [-0.15, -0.1) is 0 Å². The van der Waals surface area contributed by atoms with Crippen LogP contribution >= 0.6 is 0 Å². The molecule has 0 aromatic heterocycles. The lowest BCUT2D eigenvalue weighted by atomic mass is 9.88. The molecule has 2 aromatic rings. The van der Waals surface area contributed by atoms with Crippen LogP contribution in [0.15, 0.2) is 42.5 Å². The second-order valence-electron chi connectivity index (χ2n) is 6.84. The second-order valence-corrected chi connectivity index (χ2v) is 6.84. The zero-order valence-electron chi connectivity index (χ0n) is 14.9. The standard InChI is InChI=1S/C21H21NO5/c23-17-3-1-2-16(12-17)21(25)22-8-6-14(7-9-22)20(24)15-4-5-18-19(13-15)27-11-10-26-18/h1-5,12-14,23H,6-11H2. The summed E-state index contributed by atoms with van der Waals surface area (Å²) >= 11 is 0. The number of fused-ring (bicyclic) bond motifs is 1. The summed E-state index contributed by atoms with van der Waals surface area (Å²) in [5, 5.41) is 9.55. The summed E-state index contributed by atoms with van der Waals surface area (Å²) in [5.74, 6) is 1.21. The molecule has 27 heavy (non-hydrogen) atoms. The lowest BCUT2D eigenvalue weighted by Gasteiger charge is -2.31. The van der Waals surface area contributed by atoms with Gasteiger partial charge in [-0.05, 0) is 49.2 Å². The molecule has 0 atom stereocenters. The highest BCUT2D eigenvalue weighted by atomic mass is 16.6. The fourth-order valence-electron chi connectivity index (χ4n) is 3.60. The van der Waals surface area contributed by atoms with E-state index in [1.807, 2.05) is 0 Å². The maximum absolute atomic E-state index is 12.8. The lowest BCUT2D eigenvalue weighted by Crippen LogP contribution is -2.40. The number of Topliss-reactive ketones (excluding diaryl/α,β-unsaturated/α-hetero) is 1. The van der Waals surface area contributed by atoms with E-state index in [4.69, 9.17) is 9.47 Å². The van der Waals surface area contributed by atoms with Crippen LogP contribution in [0.1, 0.15) is 33.6 Å². The van der Waals surface area contributed by atoms with E-state index in [0.717, 1.165) is 0 Å². The lowest BCUT2D eigenvalue weighted by molar-refractivity contribution is 0.0650. The topological polar surface area (TPSA) is 76.1 Å². The molecular formula is C21H21NO5. The highest BCUT2D eigenvalue weighted by Crippen LogP contribution is 2.32. The zero-order chi connectivity index (χ0) is 18.8. The van der Waals surface area contributed by atoms with Gasteiger partial charge >= 0.3 is 0 Å². The first-order chi connectivity index (χ1) is 13.1. The van der Waals surface area contributed by atoms with Gasteiger partial charge in [-0.2, -0.15) is 0 Å². The second kappa shape index (κ2) is 7.31. The molecule has 2 heterocycles. The molecule has 1 saturated heterocycles. The third-order valence-corrected chi connectivity index (χ3v) is 5.07. The first-order valence-electron chi connectivity index (χ1n) is 9.14. The molecule has 0 bridgehead atoms. The Hall–Kier alpha value is -3.02. The zero-order valence-corrected chi connectivity index (χ0v) is 14.9. The summed E-state index contributed by atoms with van der Waals surface area (Å²) in [4.78, 5) is 27.1. The Bertz CT molecular complexity index is 871. The fraction of sp³-hybridized carbons (Fsp3) is 0.333. The minimum absolute atomic E-state index is 0.0736.